The summed E-state index contributed by atoms with van der Waals surface area (Å²) in [7, 11) is 0. The van der Waals surface area contributed by atoms with Crippen LogP contribution in [0.25, 0.3) is 0 Å². The van der Waals surface area contributed by atoms with Gasteiger partial charge in [0, 0.05) is 12.5 Å². The summed E-state index contributed by atoms with van der Waals surface area (Å²) in [6, 6.07) is 7.33. The highest BCUT2D eigenvalue weighted by Gasteiger charge is 2.25. The van der Waals surface area contributed by atoms with Crippen LogP contribution >= 0.6 is 0 Å². The van der Waals surface area contributed by atoms with E-state index in [4.69, 9.17) is 9.47 Å². The zero-order valence-corrected chi connectivity index (χ0v) is 13.2. The zero-order valence-electron chi connectivity index (χ0n) is 13.2. The van der Waals surface area contributed by atoms with Crippen LogP contribution < -0.4 is 4.74 Å². The van der Waals surface area contributed by atoms with E-state index in [9.17, 15) is 4.39 Å². The molecular formula is C18H27FO2. The van der Waals surface area contributed by atoms with Crippen LogP contribution in [0.5, 0.6) is 5.75 Å². The van der Waals surface area contributed by atoms with Crippen molar-refractivity contribution in [1.29, 1.82) is 0 Å². The highest BCUT2D eigenvalue weighted by atomic mass is 19.1. The first-order chi connectivity index (χ1) is 10.2. The molecule has 0 radical (unpaired) electrons. The maximum Gasteiger partial charge on any atom is 0.202 e. The number of hydrogen-bond acceptors (Lipinski definition) is 2. The minimum atomic E-state index is -0.889. The second kappa shape index (κ2) is 8.38. The summed E-state index contributed by atoms with van der Waals surface area (Å²) in [5.74, 6) is 1.24. The molecule has 0 spiro atoms. The van der Waals surface area contributed by atoms with Crippen LogP contribution in [-0.4, -0.2) is 12.9 Å². The molecule has 1 aliphatic rings. The van der Waals surface area contributed by atoms with E-state index in [1.807, 2.05) is 38.1 Å². The smallest absolute Gasteiger partial charge is 0.202 e. The van der Waals surface area contributed by atoms with Gasteiger partial charge in [-0.1, -0.05) is 38.3 Å². The molecular weight excluding hydrogens is 267 g/mol. The van der Waals surface area contributed by atoms with Crippen molar-refractivity contribution < 1.29 is 13.9 Å². The van der Waals surface area contributed by atoms with Crippen LogP contribution in [0.15, 0.2) is 24.3 Å². The van der Waals surface area contributed by atoms with Gasteiger partial charge in [-0.3, -0.25) is 0 Å². The summed E-state index contributed by atoms with van der Waals surface area (Å²) in [5, 5.41) is 0. The Morgan fingerprint density at radius 1 is 1.10 bits per heavy atom. The van der Waals surface area contributed by atoms with Gasteiger partial charge >= 0.3 is 0 Å². The van der Waals surface area contributed by atoms with Crippen LogP contribution in [0, 0.1) is 5.92 Å². The van der Waals surface area contributed by atoms with Gasteiger partial charge in [-0.15, -0.1) is 0 Å². The van der Waals surface area contributed by atoms with E-state index >= 15 is 0 Å². The van der Waals surface area contributed by atoms with E-state index < -0.39 is 6.17 Å². The highest BCUT2D eigenvalue weighted by molar-refractivity contribution is 5.28. The molecule has 2 atom stereocenters. The Labute approximate surface area is 127 Å². The van der Waals surface area contributed by atoms with Gasteiger partial charge in [-0.25, -0.2) is 4.39 Å². The molecule has 21 heavy (non-hydrogen) atoms. The van der Waals surface area contributed by atoms with Gasteiger partial charge in [-0.2, -0.15) is 0 Å². The van der Waals surface area contributed by atoms with E-state index in [1.54, 1.807) is 0 Å². The number of benzene rings is 1. The molecule has 1 fully saturated rings. The standard InChI is InChI=1S/C18H27FO2/c1-3-17(19)14-10-12-16(13-11-14)21-18(20-4-2)15-8-6-5-7-9-15/h10-13,15,17-18H,3-9H2,1-2H3. The van der Waals surface area contributed by atoms with E-state index in [-0.39, 0.29) is 6.29 Å². The maximum absolute atomic E-state index is 13.6. The van der Waals surface area contributed by atoms with E-state index in [0.29, 0.717) is 18.9 Å². The summed E-state index contributed by atoms with van der Waals surface area (Å²) in [6.45, 7) is 4.50. The fourth-order valence-corrected chi connectivity index (χ4v) is 2.96. The minimum Gasteiger partial charge on any atom is -0.465 e. The van der Waals surface area contributed by atoms with Crippen molar-refractivity contribution in [3.63, 3.8) is 0 Å². The molecule has 0 heterocycles. The van der Waals surface area contributed by atoms with Crippen molar-refractivity contribution in [2.45, 2.75) is 64.8 Å². The molecule has 0 N–H and O–H groups in total. The SMILES string of the molecule is CCOC(Oc1ccc(C(F)CC)cc1)C1CCCCC1. The summed E-state index contributed by atoms with van der Waals surface area (Å²) < 4.78 is 25.4. The van der Waals surface area contributed by atoms with Crippen molar-refractivity contribution in [2.24, 2.45) is 5.92 Å². The topological polar surface area (TPSA) is 18.5 Å². The third-order valence-electron chi connectivity index (χ3n) is 4.22. The van der Waals surface area contributed by atoms with E-state index in [2.05, 4.69) is 0 Å². The molecule has 1 aromatic carbocycles. The Balaban J connectivity index is 1.98. The highest BCUT2D eigenvalue weighted by Crippen LogP contribution is 2.30. The fraction of sp³-hybridized carbons (Fsp3) is 0.667. The van der Waals surface area contributed by atoms with Crippen LogP contribution in [-0.2, 0) is 4.74 Å². The maximum atomic E-state index is 13.6. The second-order valence-electron chi connectivity index (χ2n) is 5.78. The molecule has 1 saturated carbocycles. The molecule has 118 valence electrons. The molecule has 0 saturated heterocycles. The van der Waals surface area contributed by atoms with Crippen molar-refractivity contribution in [3.05, 3.63) is 29.8 Å². The second-order valence-corrected chi connectivity index (χ2v) is 5.78. The predicted molar refractivity (Wildman–Crippen MR) is 83.2 cm³/mol. The number of alkyl halides is 1. The number of halogens is 1. The lowest BCUT2D eigenvalue weighted by molar-refractivity contribution is -0.119. The van der Waals surface area contributed by atoms with Crippen molar-refractivity contribution in [2.75, 3.05) is 6.61 Å². The molecule has 0 aliphatic heterocycles. The average Bonchev–Trinajstić information content (AvgIpc) is 2.55. The van der Waals surface area contributed by atoms with E-state index in [1.165, 1.54) is 32.1 Å². The third kappa shape index (κ3) is 4.70. The van der Waals surface area contributed by atoms with E-state index in [0.717, 1.165) is 11.3 Å². The fourth-order valence-electron chi connectivity index (χ4n) is 2.96. The van der Waals surface area contributed by atoms with Gasteiger partial charge in [0.05, 0.1) is 0 Å². The predicted octanol–water partition coefficient (Wildman–Crippen LogP) is 5.43. The van der Waals surface area contributed by atoms with Crippen LogP contribution in [0.3, 0.4) is 0 Å². The number of rotatable bonds is 7. The summed E-state index contributed by atoms with van der Waals surface area (Å²) in [4.78, 5) is 0. The average molecular weight is 294 g/mol. The summed E-state index contributed by atoms with van der Waals surface area (Å²) in [6.07, 6.45) is 5.63. The third-order valence-corrected chi connectivity index (χ3v) is 4.22. The Hall–Kier alpha value is -1.09. The van der Waals surface area contributed by atoms with Gasteiger partial charge in [-0.05, 0) is 43.9 Å². The van der Waals surface area contributed by atoms with Gasteiger partial charge in [0.25, 0.3) is 0 Å². The van der Waals surface area contributed by atoms with Crippen molar-refractivity contribution in [3.8, 4) is 5.75 Å². The van der Waals surface area contributed by atoms with Gasteiger partial charge in [0.15, 0.2) is 0 Å². The van der Waals surface area contributed by atoms with Crippen LogP contribution in [0.2, 0.25) is 0 Å². The normalized spacial score (nSPS) is 19.2. The van der Waals surface area contributed by atoms with Gasteiger partial charge < -0.3 is 9.47 Å². The molecule has 0 bridgehead atoms. The molecule has 2 unspecified atom stereocenters. The molecule has 0 amide bonds. The first-order valence-corrected chi connectivity index (χ1v) is 8.26. The quantitative estimate of drug-likeness (QED) is 0.624. The molecule has 1 aliphatic carbocycles. The zero-order chi connectivity index (χ0) is 15.1. The minimum absolute atomic E-state index is 0.173. The summed E-state index contributed by atoms with van der Waals surface area (Å²) >= 11 is 0. The molecule has 2 nitrogen and oxygen atoms in total. The Bertz CT molecular complexity index is 398. The molecule has 0 aromatic heterocycles. The molecule has 2 rings (SSSR count). The van der Waals surface area contributed by atoms with Crippen molar-refractivity contribution >= 4 is 0 Å². The van der Waals surface area contributed by atoms with Crippen LogP contribution in [0.1, 0.15) is 64.1 Å². The van der Waals surface area contributed by atoms with Crippen LogP contribution in [0.4, 0.5) is 4.39 Å². The number of ether oxygens (including phenoxy) is 2. The lowest BCUT2D eigenvalue weighted by Crippen LogP contribution is -2.31. The number of hydrogen-bond donors (Lipinski definition) is 0. The van der Waals surface area contributed by atoms with Crippen molar-refractivity contribution in [1.82, 2.24) is 0 Å². The first-order valence-electron chi connectivity index (χ1n) is 8.26. The summed E-state index contributed by atoms with van der Waals surface area (Å²) in [5.41, 5.74) is 0.718. The monoisotopic (exact) mass is 294 g/mol. The molecule has 1 aromatic rings. The van der Waals surface area contributed by atoms with Gasteiger partial charge in [0.1, 0.15) is 11.9 Å². The Morgan fingerprint density at radius 3 is 2.33 bits per heavy atom. The molecule has 3 heteroatoms. The Morgan fingerprint density at radius 2 is 1.76 bits per heavy atom. The first kappa shape index (κ1) is 16.3. The lowest BCUT2D eigenvalue weighted by atomic mass is 9.89. The Kier molecular flexibility index (Phi) is 6.50. The van der Waals surface area contributed by atoms with Gasteiger partial charge in [0.2, 0.25) is 6.29 Å². The largest absolute Gasteiger partial charge is 0.465 e. The lowest BCUT2D eigenvalue weighted by Gasteiger charge is -2.30.